The molecular formula is C17H22Cl3N5O. The summed E-state index contributed by atoms with van der Waals surface area (Å²) in [6.45, 7) is 0.899. The second-order valence-corrected chi connectivity index (χ2v) is 7.11. The summed E-state index contributed by atoms with van der Waals surface area (Å²) in [4.78, 5) is 12.2. The van der Waals surface area contributed by atoms with Crippen molar-refractivity contribution in [3.63, 3.8) is 0 Å². The third-order valence-electron chi connectivity index (χ3n) is 4.82. The van der Waals surface area contributed by atoms with E-state index in [1.54, 1.807) is 12.1 Å². The van der Waals surface area contributed by atoms with Crippen LogP contribution in [0.1, 0.15) is 37.9 Å². The summed E-state index contributed by atoms with van der Waals surface area (Å²) in [6, 6.07) is 5.42. The number of carbonyl (C=O) groups excluding carboxylic acids is 1. The number of nitrogens with one attached hydrogen (secondary N) is 1. The molecule has 6 nitrogen and oxygen atoms in total. The standard InChI is InChI=1S/C17H20ClN5O.2ClH/c18-13-6-5-11(20-16(24)17(19)7-8-17)10-12(13)15-22-21-14-4-2-1-3-9-23(14)15;;/h5-6,10H,1-4,7-9,19H2,(H,20,24);2*1H. The Kier molecular flexibility index (Phi) is 6.55. The molecule has 142 valence electrons. The van der Waals surface area contributed by atoms with E-state index in [9.17, 15) is 4.79 Å². The molecule has 1 fully saturated rings. The fourth-order valence-electron chi connectivity index (χ4n) is 3.08. The number of nitrogens with zero attached hydrogens (tertiary/aromatic N) is 3. The second kappa shape index (κ2) is 8.13. The van der Waals surface area contributed by atoms with E-state index in [-0.39, 0.29) is 30.7 Å². The number of amides is 1. The highest BCUT2D eigenvalue weighted by molar-refractivity contribution is 6.33. The van der Waals surface area contributed by atoms with Gasteiger partial charge in [-0.15, -0.1) is 35.0 Å². The molecule has 1 amide bonds. The lowest BCUT2D eigenvalue weighted by Crippen LogP contribution is -2.37. The van der Waals surface area contributed by atoms with E-state index in [1.807, 2.05) is 6.07 Å². The van der Waals surface area contributed by atoms with Crippen LogP contribution >= 0.6 is 36.4 Å². The lowest BCUT2D eigenvalue weighted by Gasteiger charge is -2.13. The zero-order valence-corrected chi connectivity index (χ0v) is 16.6. The van der Waals surface area contributed by atoms with Crippen LogP contribution in [0.4, 0.5) is 5.69 Å². The molecule has 3 N–H and O–H groups in total. The highest BCUT2D eigenvalue weighted by Gasteiger charge is 2.45. The molecule has 1 saturated carbocycles. The van der Waals surface area contributed by atoms with Gasteiger partial charge < -0.3 is 15.6 Å². The Morgan fingerprint density at radius 3 is 2.69 bits per heavy atom. The van der Waals surface area contributed by atoms with E-state index >= 15 is 0 Å². The second-order valence-electron chi connectivity index (χ2n) is 6.71. The van der Waals surface area contributed by atoms with Crippen LogP contribution in [0.25, 0.3) is 11.4 Å². The van der Waals surface area contributed by atoms with E-state index in [2.05, 4.69) is 20.1 Å². The van der Waals surface area contributed by atoms with Crippen LogP contribution in [-0.4, -0.2) is 26.2 Å². The van der Waals surface area contributed by atoms with Gasteiger partial charge in [-0.25, -0.2) is 0 Å². The Bertz CT molecular complexity index is 804. The van der Waals surface area contributed by atoms with Gasteiger partial charge in [-0.1, -0.05) is 18.0 Å². The summed E-state index contributed by atoms with van der Waals surface area (Å²) in [5, 5.41) is 12.1. The predicted molar refractivity (Wildman–Crippen MR) is 107 cm³/mol. The van der Waals surface area contributed by atoms with E-state index in [4.69, 9.17) is 17.3 Å². The van der Waals surface area contributed by atoms with Crippen molar-refractivity contribution in [1.29, 1.82) is 0 Å². The largest absolute Gasteiger partial charge is 0.324 e. The summed E-state index contributed by atoms with van der Waals surface area (Å²) in [6.07, 6.45) is 5.86. The molecule has 0 bridgehead atoms. The quantitative estimate of drug-likeness (QED) is 0.797. The number of hydrogen-bond acceptors (Lipinski definition) is 4. The van der Waals surface area contributed by atoms with Gasteiger partial charge in [-0.05, 0) is 43.9 Å². The Morgan fingerprint density at radius 1 is 1.19 bits per heavy atom. The highest BCUT2D eigenvalue weighted by Crippen LogP contribution is 2.35. The number of aromatic nitrogens is 3. The predicted octanol–water partition coefficient (Wildman–Crippen LogP) is 3.60. The van der Waals surface area contributed by atoms with Crippen molar-refractivity contribution >= 4 is 48.0 Å². The van der Waals surface area contributed by atoms with E-state index in [1.165, 1.54) is 6.42 Å². The zero-order valence-electron chi connectivity index (χ0n) is 14.2. The van der Waals surface area contributed by atoms with Crippen LogP contribution in [0.5, 0.6) is 0 Å². The number of fused-ring (bicyclic) bond motifs is 1. The number of benzene rings is 1. The van der Waals surface area contributed by atoms with Crippen LogP contribution in [0, 0.1) is 0 Å². The first-order chi connectivity index (χ1) is 11.6. The summed E-state index contributed by atoms with van der Waals surface area (Å²) in [5.74, 6) is 1.63. The van der Waals surface area contributed by atoms with Crippen molar-refractivity contribution in [1.82, 2.24) is 14.8 Å². The maximum atomic E-state index is 12.2. The molecule has 0 radical (unpaired) electrons. The summed E-state index contributed by atoms with van der Waals surface area (Å²) < 4.78 is 2.14. The Morgan fingerprint density at radius 2 is 1.96 bits per heavy atom. The molecule has 0 atom stereocenters. The highest BCUT2D eigenvalue weighted by atomic mass is 35.5. The summed E-state index contributed by atoms with van der Waals surface area (Å²) in [7, 11) is 0. The molecule has 4 rings (SSSR count). The molecular weight excluding hydrogens is 397 g/mol. The third kappa shape index (κ3) is 3.98. The minimum absolute atomic E-state index is 0. The lowest BCUT2D eigenvalue weighted by atomic mass is 10.1. The normalized spacial score (nSPS) is 17.2. The van der Waals surface area contributed by atoms with Gasteiger partial charge in [0.2, 0.25) is 5.91 Å². The average Bonchev–Trinajstić information content (AvgIpc) is 3.27. The number of hydrogen-bond donors (Lipinski definition) is 2. The van der Waals surface area contributed by atoms with Gasteiger partial charge >= 0.3 is 0 Å². The smallest absolute Gasteiger partial charge is 0.244 e. The van der Waals surface area contributed by atoms with Gasteiger partial charge in [0.05, 0.1) is 10.6 Å². The Hall–Kier alpha value is -1.34. The number of aryl methyl sites for hydroxylation is 1. The lowest BCUT2D eigenvalue weighted by molar-refractivity contribution is -0.118. The Labute approximate surface area is 169 Å². The van der Waals surface area contributed by atoms with Crippen LogP contribution in [0.15, 0.2) is 18.2 Å². The van der Waals surface area contributed by atoms with Crippen LogP contribution in [0.2, 0.25) is 5.02 Å². The Balaban J connectivity index is 0.00000121. The maximum Gasteiger partial charge on any atom is 0.244 e. The molecule has 1 aliphatic carbocycles. The van der Waals surface area contributed by atoms with Gasteiger partial charge in [0.1, 0.15) is 5.82 Å². The number of anilines is 1. The van der Waals surface area contributed by atoms with E-state index < -0.39 is 5.54 Å². The van der Waals surface area contributed by atoms with Gasteiger partial charge in [0, 0.05) is 24.2 Å². The van der Waals surface area contributed by atoms with E-state index in [0.717, 1.165) is 55.9 Å². The van der Waals surface area contributed by atoms with E-state index in [0.29, 0.717) is 10.7 Å². The maximum absolute atomic E-state index is 12.2. The fourth-order valence-corrected chi connectivity index (χ4v) is 3.28. The minimum Gasteiger partial charge on any atom is -0.324 e. The number of rotatable bonds is 3. The summed E-state index contributed by atoms with van der Waals surface area (Å²) in [5.41, 5.74) is 6.71. The van der Waals surface area contributed by atoms with Crippen molar-refractivity contribution in [2.45, 2.75) is 50.6 Å². The molecule has 0 saturated heterocycles. The van der Waals surface area contributed by atoms with Crippen molar-refractivity contribution in [3.8, 4) is 11.4 Å². The number of halogens is 3. The molecule has 2 aromatic rings. The third-order valence-corrected chi connectivity index (χ3v) is 5.15. The summed E-state index contributed by atoms with van der Waals surface area (Å²) >= 11 is 6.39. The first-order valence-corrected chi connectivity index (χ1v) is 8.77. The van der Waals surface area contributed by atoms with Gasteiger partial charge in [-0.2, -0.15) is 0 Å². The number of carbonyl (C=O) groups is 1. The molecule has 1 aliphatic heterocycles. The first kappa shape index (κ1) is 21.0. The zero-order chi connectivity index (χ0) is 16.7. The monoisotopic (exact) mass is 417 g/mol. The average molecular weight is 419 g/mol. The minimum atomic E-state index is -0.703. The molecule has 0 unspecified atom stereocenters. The molecule has 2 aliphatic rings. The molecule has 0 spiro atoms. The fraction of sp³-hybridized carbons (Fsp3) is 0.471. The molecule has 2 heterocycles. The van der Waals surface area contributed by atoms with Crippen LogP contribution in [-0.2, 0) is 17.8 Å². The molecule has 9 heteroatoms. The van der Waals surface area contributed by atoms with Gasteiger partial charge in [0.25, 0.3) is 0 Å². The van der Waals surface area contributed by atoms with Gasteiger partial charge in [0.15, 0.2) is 5.82 Å². The van der Waals surface area contributed by atoms with Crippen molar-refractivity contribution < 1.29 is 4.79 Å². The van der Waals surface area contributed by atoms with Crippen LogP contribution < -0.4 is 11.1 Å². The molecule has 1 aromatic heterocycles. The first-order valence-electron chi connectivity index (χ1n) is 8.39. The van der Waals surface area contributed by atoms with Crippen LogP contribution in [0.3, 0.4) is 0 Å². The molecule has 1 aromatic carbocycles. The van der Waals surface area contributed by atoms with Crippen molar-refractivity contribution in [3.05, 3.63) is 29.0 Å². The van der Waals surface area contributed by atoms with Gasteiger partial charge in [-0.3, -0.25) is 4.79 Å². The number of nitrogens with two attached hydrogens (primary N) is 1. The SMILES string of the molecule is Cl.Cl.NC1(C(=O)Nc2ccc(Cl)c(-c3nnc4n3CCCCC4)c2)CC1. The van der Waals surface area contributed by atoms with Crippen molar-refractivity contribution in [2.75, 3.05) is 5.32 Å². The topological polar surface area (TPSA) is 85.8 Å². The van der Waals surface area contributed by atoms with Crippen molar-refractivity contribution in [2.24, 2.45) is 5.73 Å². The molecule has 26 heavy (non-hydrogen) atoms.